The van der Waals surface area contributed by atoms with Crippen molar-refractivity contribution < 1.29 is 0 Å². The van der Waals surface area contributed by atoms with Gasteiger partial charge in [-0.05, 0) is 27.2 Å². The van der Waals surface area contributed by atoms with Crippen molar-refractivity contribution in [2.75, 3.05) is 12.3 Å². The van der Waals surface area contributed by atoms with Crippen LogP contribution in [0.25, 0.3) is 11.0 Å². The lowest BCUT2D eigenvalue weighted by Gasteiger charge is -2.23. The molecular formula is C16H22N6. The molecule has 0 fully saturated rings. The second-order valence-electron chi connectivity index (χ2n) is 6.42. The van der Waals surface area contributed by atoms with E-state index in [1.165, 1.54) is 11.9 Å². The molecule has 6 heteroatoms. The van der Waals surface area contributed by atoms with Gasteiger partial charge < -0.3 is 11.5 Å². The fraction of sp³-hybridized carbons (Fsp3) is 0.438. The van der Waals surface area contributed by atoms with Crippen molar-refractivity contribution in [3.05, 3.63) is 35.8 Å². The largest absolute Gasteiger partial charge is 0.383 e. The van der Waals surface area contributed by atoms with Crippen LogP contribution in [-0.2, 0) is 5.54 Å². The Morgan fingerprint density at radius 3 is 2.77 bits per heavy atom. The number of fused-ring (bicyclic) bond motifs is 1. The molecule has 0 aliphatic heterocycles. The summed E-state index contributed by atoms with van der Waals surface area (Å²) in [5, 5.41) is 5.65. The number of rotatable bonds is 3. The smallest absolute Gasteiger partial charge is 0.164 e. The van der Waals surface area contributed by atoms with Crippen molar-refractivity contribution in [3.63, 3.8) is 0 Å². The van der Waals surface area contributed by atoms with E-state index < -0.39 is 0 Å². The van der Waals surface area contributed by atoms with E-state index in [-0.39, 0.29) is 11.5 Å². The normalized spacial score (nSPS) is 18.7. The fourth-order valence-corrected chi connectivity index (χ4v) is 2.70. The van der Waals surface area contributed by atoms with Crippen LogP contribution in [-0.4, -0.2) is 26.3 Å². The van der Waals surface area contributed by atoms with Gasteiger partial charge in [0.25, 0.3) is 0 Å². The highest BCUT2D eigenvalue weighted by atomic mass is 15.4. The molecule has 0 saturated heterocycles. The number of nitrogens with two attached hydrogens (primary N) is 2. The Bertz CT molecular complexity index is 768. The minimum absolute atomic E-state index is 0.189. The van der Waals surface area contributed by atoms with Gasteiger partial charge in [0.05, 0.1) is 16.6 Å². The third-order valence-corrected chi connectivity index (χ3v) is 4.23. The van der Waals surface area contributed by atoms with Gasteiger partial charge in [0, 0.05) is 12.5 Å². The highest BCUT2D eigenvalue weighted by Crippen LogP contribution is 2.34. The van der Waals surface area contributed by atoms with E-state index in [0.717, 1.165) is 23.1 Å². The van der Waals surface area contributed by atoms with Crippen molar-refractivity contribution in [3.8, 4) is 0 Å². The van der Waals surface area contributed by atoms with E-state index in [0.29, 0.717) is 12.4 Å². The molecule has 2 aromatic rings. The molecule has 0 aromatic carbocycles. The molecule has 1 atom stereocenters. The number of hydrogen-bond donors (Lipinski definition) is 2. The SMILES string of the molecule is CC1=CCC(c2nn(C(C)(C)CN)c3ncnc(N)c23)C=C1. The number of allylic oxidation sites excluding steroid dienone is 4. The fourth-order valence-electron chi connectivity index (χ4n) is 2.70. The van der Waals surface area contributed by atoms with E-state index in [1.807, 2.05) is 18.5 Å². The summed E-state index contributed by atoms with van der Waals surface area (Å²) in [5.74, 6) is 0.660. The van der Waals surface area contributed by atoms with E-state index in [1.54, 1.807) is 0 Å². The molecule has 0 amide bonds. The highest BCUT2D eigenvalue weighted by molar-refractivity contribution is 5.89. The maximum atomic E-state index is 6.11. The van der Waals surface area contributed by atoms with Gasteiger partial charge in [-0.2, -0.15) is 5.10 Å². The van der Waals surface area contributed by atoms with Gasteiger partial charge in [0.15, 0.2) is 5.65 Å². The Hall–Kier alpha value is -2.21. The molecule has 4 N–H and O–H groups in total. The summed E-state index contributed by atoms with van der Waals surface area (Å²) < 4.78 is 1.88. The van der Waals surface area contributed by atoms with Gasteiger partial charge in [0.1, 0.15) is 12.1 Å². The van der Waals surface area contributed by atoms with Crippen molar-refractivity contribution in [1.82, 2.24) is 19.7 Å². The van der Waals surface area contributed by atoms with Crippen molar-refractivity contribution in [2.24, 2.45) is 5.73 Å². The van der Waals surface area contributed by atoms with Gasteiger partial charge in [-0.3, -0.25) is 0 Å². The van der Waals surface area contributed by atoms with Gasteiger partial charge in [0.2, 0.25) is 0 Å². The van der Waals surface area contributed by atoms with Gasteiger partial charge in [-0.15, -0.1) is 0 Å². The minimum Gasteiger partial charge on any atom is -0.383 e. The van der Waals surface area contributed by atoms with Crippen LogP contribution in [0.15, 0.2) is 30.1 Å². The topological polar surface area (TPSA) is 95.6 Å². The third-order valence-electron chi connectivity index (χ3n) is 4.23. The molecule has 0 spiro atoms. The average molecular weight is 298 g/mol. The van der Waals surface area contributed by atoms with Gasteiger partial charge in [-0.1, -0.05) is 23.8 Å². The zero-order chi connectivity index (χ0) is 15.9. The molecule has 1 aliphatic rings. The molecule has 6 nitrogen and oxygen atoms in total. The second-order valence-corrected chi connectivity index (χ2v) is 6.42. The quantitative estimate of drug-likeness (QED) is 0.904. The Labute approximate surface area is 129 Å². The van der Waals surface area contributed by atoms with Crippen LogP contribution in [0, 0.1) is 0 Å². The summed E-state index contributed by atoms with van der Waals surface area (Å²) in [6, 6.07) is 0. The molecule has 116 valence electrons. The molecule has 22 heavy (non-hydrogen) atoms. The number of nitrogen functional groups attached to an aromatic ring is 1. The minimum atomic E-state index is -0.332. The Morgan fingerprint density at radius 1 is 1.36 bits per heavy atom. The van der Waals surface area contributed by atoms with E-state index in [2.05, 4.69) is 35.1 Å². The van der Waals surface area contributed by atoms with Crippen LogP contribution in [0.1, 0.15) is 38.8 Å². The lowest BCUT2D eigenvalue weighted by atomic mass is 9.93. The molecular weight excluding hydrogens is 276 g/mol. The molecule has 2 heterocycles. The third kappa shape index (κ3) is 2.29. The summed E-state index contributed by atoms with van der Waals surface area (Å²) in [5.41, 5.74) is 14.6. The first-order valence-corrected chi connectivity index (χ1v) is 7.48. The van der Waals surface area contributed by atoms with Crippen LogP contribution in [0.3, 0.4) is 0 Å². The molecule has 1 aliphatic carbocycles. The molecule has 3 rings (SSSR count). The van der Waals surface area contributed by atoms with Gasteiger partial charge >= 0.3 is 0 Å². The average Bonchev–Trinajstić information content (AvgIpc) is 2.90. The summed E-state index contributed by atoms with van der Waals surface area (Å²) >= 11 is 0. The summed E-state index contributed by atoms with van der Waals surface area (Å²) in [7, 11) is 0. The van der Waals surface area contributed by atoms with Crippen LogP contribution < -0.4 is 11.5 Å². The zero-order valence-corrected chi connectivity index (χ0v) is 13.2. The maximum absolute atomic E-state index is 6.11. The first-order chi connectivity index (χ1) is 10.4. The first kappa shape index (κ1) is 14.7. The lowest BCUT2D eigenvalue weighted by Crippen LogP contribution is -2.36. The van der Waals surface area contributed by atoms with E-state index in [4.69, 9.17) is 16.6 Å². The Balaban J connectivity index is 2.21. The molecule has 1 unspecified atom stereocenters. The monoisotopic (exact) mass is 298 g/mol. The van der Waals surface area contributed by atoms with Crippen LogP contribution in [0.5, 0.6) is 0 Å². The number of hydrogen-bond acceptors (Lipinski definition) is 5. The molecule has 0 radical (unpaired) electrons. The standard InChI is InChI=1S/C16H22N6/c1-10-4-6-11(7-5-10)13-12-14(18)19-9-20-15(12)22(21-13)16(2,3)8-17/h4-6,9,11H,7-8,17H2,1-3H3,(H2,18,19,20). The lowest BCUT2D eigenvalue weighted by molar-refractivity contribution is 0.336. The van der Waals surface area contributed by atoms with Crippen LogP contribution in [0.4, 0.5) is 5.82 Å². The van der Waals surface area contributed by atoms with Crippen LogP contribution >= 0.6 is 0 Å². The predicted molar refractivity (Wildman–Crippen MR) is 88.4 cm³/mol. The highest BCUT2D eigenvalue weighted by Gasteiger charge is 2.28. The van der Waals surface area contributed by atoms with Crippen LogP contribution in [0.2, 0.25) is 0 Å². The molecule has 0 saturated carbocycles. The first-order valence-electron chi connectivity index (χ1n) is 7.48. The predicted octanol–water partition coefficient (Wildman–Crippen LogP) is 2.09. The maximum Gasteiger partial charge on any atom is 0.164 e. The van der Waals surface area contributed by atoms with Crippen molar-refractivity contribution in [1.29, 1.82) is 0 Å². The van der Waals surface area contributed by atoms with Gasteiger partial charge in [-0.25, -0.2) is 14.6 Å². The summed E-state index contributed by atoms with van der Waals surface area (Å²) in [4.78, 5) is 8.54. The summed E-state index contributed by atoms with van der Waals surface area (Å²) in [6.45, 7) is 6.65. The van der Waals surface area contributed by atoms with E-state index in [9.17, 15) is 0 Å². The Morgan fingerprint density at radius 2 is 2.14 bits per heavy atom. The summed E-state index contributed by atoms with van der Waals surface area (Å²) in [6.07, 6.45) is 8.89. The zero-order valence-electron chi connectivity index (χ0n) is 13.2. The number of aromatic nitrogens is 4. The van der Waals surface area contributed by atoms with Crippen molar-refractivity contribution >= 4 is 16.9 Å². The molecule has 0 bridgehead atoms. The molecule has 2 aromatic heterocycles. The Kier molecular flexibility index (Phi) is 3.48. The van der Waals surface area contributed by atoms with E-state index >= 15 is 0 Å². The number of anilines is 1. The second kappa shape index (κ2) is 5.21. The number of nitrogens with zero attached hydrogens (tertiary/aromatic N) is 4. The van der Waals surface area contributed by atoms with Crippen molar-refractivity contribution in [2.45, 2.75) is 38.6 Å².